The van der Waals surface area contributed by atoms with E-state index in [4.69, 9.17) is 37.0 Å². The molecule has 0 radical (unpaired) electrons. The molecule has 0 aromatic heterocycles. The highest BCUT2D eigenvalue weighted by Gasteiger charge is 2.45. The Balaban J connectivity index is 1.50. The molecular weight excluding hydrogens is 460 g/mol. The average Bonchev–Trinajstić information content (AvgIpc) is 3.35. The summed E-state index contributed by atoms with van der Waals surface area (Å²) in [4.78, 5) is 0. The van der Waals surface area contributed by atoms with Crippen LogP contribution < -0.4 is 4.74 Å². The van der Waals surface area contributed by atoms with Gasteiger partial charge in [0.2, 0.25) is 0 Å². The molecule has 2 heterocycles. The van der Waals surface area contributed by atoms with E-state index in [1.807, 2.05) is 30.3 Å². The van der Waals surface area contributed by atoms with Crippen LogP contribution in [0.25, 0.3) is 0 Å². The number of aliphatic hydroxyl groups is 3. The van der Waals surface area contributed by atoms with E-state index in [1.165, 1.54) is 0 Å². The maximum absolute atomic E-state index is 10.9. The Morgan fingerprint density at radius 3 is 2.59 bits per heavy atom. The standard InChI is InChI=1S/C26H29ClO7/c1-2-10-32-26-23(29)22(14-28)34-25(24(26)30)17-5-8-21(27)18(13-17)12-16-3-6-19(7-4-16)33-20-9-11-31-15-20/h1,3-8,13,20,22-26,28-30H,9-12,14-15H2/t20-,22+,23+,24-,25-,26-/m0/s1. The van der Waals surface area contributed by atoms with Crippen LogP contribution in [0.15, 0.2) is 42.5 Å². The van der Waals surface area contributed by atoms with Gasteiger partial charge < -0.3 is 34.3 Å². The van der Waals surface area contributed by atoms with Gasteiger partial charge in [0.25, 0.3) is 0 Å². The second-order valence-electron chi connectivity index (χ2n) is 8.51. The molecule has 0 saturated carbocycles. The van der Waals surface area contributed by atoms with Gasteiger partial charge in [0, 0.05) is 11.4 Å². The summed E-state index contributed by atoms with van der Waals surface area (Å²) >= 11 is 6.47. The van der Waals surface area contributed by atoms with Gasteiger partial charge in [-0.05, 0) is 41.3 Å². The summed E-state index contributed by atoms with van der Waals surface area (Å²) in [5, 5.41) is 31.5. The molecule has 3 N–H and O–H groups in total. The minimum atomic E-state index is -1.21. The molecule has 34 heavy (non-hydrogen) atoms. The lowest BCUT2D eigenvalue weighted by Crippen LogP contribution is -2.56. The molecule has 4 rings (SSSR count). The van der Waals surface area contributed by atoms with Crippen molar-refractivity contribution in [3.63, 3.8) is 0 Å². The molecule has 6 atom stereocenters. The van der Waals surface area contributed by atoms with Crippen molar-refractivity contribution in [1.82, 2.24) is 0 Å². The Bertz CT molecular complexity index is 984. The van der Waals surface area contributed by atoms with Gasteiger partial charge in [0.05, 0.1) is 19.8 Å². The van der Waals surface area contributed by atoms with Crippen LogP contribution in [0.2, 0.25) is 5.02 Å². The fourth-order valence-corrected chi connectivity index (χ4v) is 4.50. The number of ether oxygens (including phenoxy) is 4. The third kappa shape index (κ3) is 5.73. The first-order valence-corrected chi connectivity index (χ1v) is 11.7. The Morgan fingerprint density at radius 1 is 1.12 bits per heavy atom. The first-order valence-electron chi connectivity index (χ1n) is 11.3. The molecule has 2 saturated heterocycles. The van der Waals surface area contributed by atoms with Crippen molar-refractivity contribution in [2.24, 2.45) is 0 Å². The summed E-state index contributed by atoms with van der Waals surface area (Å²) in [7, 11) is 0. The van der Waals surface area contributed by atoms with Gasteiger partial charge in [0.15, 0.2) is 0 Å². The van der Waals surface area contributed by atoms with E-state index in [1.54, 1.807) is 12.1 Å². The number of hydrogen-bond acceptors (Lipinski definition) is 7. The highest BCUT2D eigenvalue weighted by molar-refractivity contribution is 6.31. The highest BCUT2D eigenvalue weighted by atomic mass is 35.5. The van der Waals surface area contributed by atoms with E-state index in [0.29, 0.717) is 23.6 Å². The second kappa shape index (κ2) is 11.5. The Labute approximate surface area is 204 Å². The topological polar surface area (TPSA) is 97.6 Å². The fourth-order valence-electron chi connectivity index (χ4n) is 4.31. The van der Waals surface area contributed by atoms with Crippen LogP contribution >= 0.6 is 11.6 Å². The lowest BCUT2D eigenvalue weighted by molar-refractivity contribution is -0.241. The van der Waals surface area contributed by atoms with Crippen LogP contribution in [0.5, 0.6) is 5.75 Å². The maximum Gasteiger partial charge on any atom is 0.124 e. The number of aliphatic hydroxyl groups excluding tert-OH is 3. The second-order valence-corrected chi connectivity index (χ2v) is 8.92. The van der Waals surface area contributed by atoms with Crippen molar-refractivity contribution in [3.05, 3.63) is 64.2 Å². The van der Waals surface area contributed by atoms with Crippen LogP contribution in [0, 0.1) is 12.3 Å². The Morgan fingerprint density at radius 2 is 1.91 bits per heavy atom. The van der Waals surface area contributed by atoms with E-state index in [-0.39, 0.29) is 12.7 Å². The van der Waals surface area contributed by atoms with Crippen LogP contribution in [0.3, 0.4) is 0 Å². The van der Waals surface area contributed by atoms with Crippen LogP contribution in [0.4, 0.5) is 0 Å². The van der Waals surface area contributed by atoms with Gasteiger partial charge in [-0.2, -0.15) is 0 Å². The summed E-state index contributed by atoms with van der Waals surface area (Å²) < 4.78 is 22.6. The van der Waals surface area contributed by atoms with Gasteiger partial charge >= 0.3 is 0 Å². The SMILES string of the molecule is C#CCO[C@@H]1[C@@H](O)[C@H](c2ccc(Cl)c(Cc3ccc(O[C@H]4CCOC4)cc3)c2)O[C@H](CO)[C@H]1O. The Kier molecular flexibility index (Phi) is 8.46. The van der Waals surface area contributed by atoms with Crippen molar-refractivity contribution >= 4 is 11.6 Å². The molecule has 0 bridgehead atoms. The zero-order chi connectivity index (χ0) is 24.1. The van der Waals surface area contributed by atoms with E-state index in [0.717, 1.165) is 29.9 Å². The molecular formula is C26H29ClO7. The zero-order valence-corrected chi connectivity index (χ0v) is 19.4. The van der Waals surface area contributed by atoms with Crippen LogP contribution in [-0.4, -0.2) is 72.3 Å². The smallest absolute Gasteiger partial charge is 0.124 e. The highest BCUT2D eigenvalue weighted by Crippen LogP contribution is 2.35. The maximum atomic E-state index is 10.9. The van der Waals surface area contributed by atoms with E-state index < -0.39 is 37.1 Å². The summed E-state index contributed by atoms with van der Waals surface area (Å²) in [6.07, 6.45) is 1.66. The largest absolute Gasteiger partial charge is 0.488 e. The van der Waals surface area contributed by atoms with Crippen LogP contribution in [-0.2, 0) is 20.6 Å². The van der Waals surface area contributed by atoms with Gasteiger partial charge in [-0.15, -0.1) is 6.42 Å². The minimum Gasteiger partial charge on any atom is -0.488 e. The lowest BCUT2D eigenvalue weighted by atomic mass is 9.90. The predicted octanol–water partition coefficient (Wildman–Crippen LogP) is 2.27. The first kappa shape index (κ1) is 25.0. The first-order chi connectivity index (χ1) is 16.5. The molecule has 8 heteroatoms. The number of rotatable bonds is 8. The molecule has 2 aliphatic rings. The molecule has 7 nitrogen and oxygen atoms in total. The van der Waals surface area contributed by atoms with Crippen LogP contribution in [0.1, 0.15) is 29.2 Å². The van der Waals surface area contributed by atoms with Gasteiger partial charge in [-0.3, -0.25) is 0 Å². The number of benzene rings is 2. The molecule has 0 unspecified atom stereocenters. The molecule has 2 aromatic rings. The van der Waals surface area contributed by atoms with Crippen molar-refractivity contribution in [1.29, 1.82) is 0 Å². The monoisotopic (exact) mass is 488 g/mol. The number of halogens is 1. The molecule has 0 amide bonds. The fraction of sp³-hybridized carbons (Fsp3) is 0.462. The molecule has 182 valence electrons. The summed E-state index contributed by atoms with van der Waals surface area (Å²) in [5.41, 5.74) is 2.55. The molecule has 2 aromatic carbocycles. The molecule has 2 fully saturated rings. The number of terminal acetylenes is 1. The quantitative estimate of drug-likeness (QED) is 0.490. The van der Waals surface area contributed by atoms with Crippen molar-refractivity contribution in [2.45, 2.75) is 49.5 Å². The average molecular weight is 489 g/mol. The van der Waals surface area contributed by atoms with Gasteiger partial charge in [0.1, 0.15) is 49.0 Å². The predicted molar refractivity (Wildman–Crippen MR) is 126 cm³/mol. The van der Waals surface area contributed by atoms with E-state index in [9.17, 15) is 15.3 Å². The minimum absolute atomic E-state index is 0.0804. The molecule has 0 spiro atoms. The van der Waals surface area contributed by atoms with Gasteiger partial charge in [-0.1, -0.05) is 41.8 Å². The third-order valence-corrected chi connectivity index (χ3v) is 6.50. The van der Waals surface area contributed by atoms with Crippen molar-refractivity contribution in [2.75, 3.05) is 26.4 Å². The van der Waals surface area contributed by atoms with Crippen molar-refractivity contribution < 1.29 is 34.3 Å². The van der Waals surface area contributed by atoms with E-state index >= 15 is 0 Å². The number of hydrogen-bond donors (Lipinski definition) is 3. The van der Waals surface area contributed by atoms with Gasteiger partial charge in [-0.25, -0.2) is 0 Å². The molecule has 0 aliphatic carbocycles. The Hall–Kier alpha value is -2.15. The van der Waals surface area contributed by atoms with E-state index in [2.05, 4.69) is 5.92 Å². The lowest BCUT2D eigenvalue weighted by Gasteiger charge is -2.42. The normalized spacial score (nSPS) is 29.0. The summed E-state index contributed by atoms with van der Waals surface area (Å²) in [6.45, 7) is 0.832. The third-order valence-electron chi connectivity index (χ3n) is 6.13. The zero-order valence-electron chi connectivity index (χ0n) is 18.7. The van der Waals surface area contributed by atoms with Crippen molar-refractivity contribution in [3.8, 4) is 18.1 Å². The molecule has 2 aliphatic heterocycles. The summed E-state index contributed by atoms with van der Waals surface area (Å²) in [5.74, 6) is 3.13. The summed E-state index contributed by atoms with van der Waals surface area (Å²) in [6, 6.07) is 13.2.